The van der Waals surface area contributed by atoms with Gasteiger partial charge in [0.2, 0.25) is 0 Å². The fraction of sp³-hybridized carbons (Fsp3) is 0.304. The van der Waals surface area contributed by atoms with Crippen LogP contribution in [-0.2, 0) is 0 Å². The van der Waals surface area contributed by atoms with Crippen molar-refractivity contribution >= 4 is 22.4 Å². The number of aromatic hydroxyl groups is 1. The number of hydrogen-bond donors (Lipinski definition) is 2. The fourth-order valence-corrected chi connectivity index (χ4v) is 3.89. The average Bonchev–Trinajstić information content (AvgIpc) is 3.15. The number of phenolic OH excluding ortho intramolecular Hbond substituents is 1. The molecule has 2 aromatic carbocycles. The number of nitrogens with one attached hydrogen (secondary N) is 1. The summed E-state index contributed by atoms with van der Waals surface area (Å²) in [6, 6.07) is 10.2. The molecule has 1 aliphatic heterocycles. The number of aryl methyl sites for hydroxylation is 2. The lowest BCUT2D eigenvalue weighted by Crippen LogP contribution is -2.12. The first kappa shape index (κ1) is 19.1. The van der Waals surface area contributed by atoms with Crippen molar-refractivity contribution in [2.24, 2.45) is 5.10 Å². The maximum atomic E-state index is 12.0. The Kier molecular flexibility index (Phi) is 4.57. The molecule has 0 fully saturated rings. The zero-order valence-corrected chi connectivity index (χ0v) is 17.3. The molecule has 0 saturated heterocycles. The first-order valence-corrected chi connectivity index (χ1v) is 9.64. The maximum Gasteiger partial charge on any atom is 0.339 e. The van der Waals surface area contributed by atoms with E-state index in [9.17, 15) is 9.90 Å². The highest BCUT2D eigenvalue weighted by molar-refractivity contribution is 6.09. The van der Waals surface area contributed by atoms with E-state index in [0.29, 0.717) is 28.5 Å². The highest BCUT2D eigenvalue weighted by Crippen LogP contribution is 2.37. The Balaban J connectivity index is 1.71. The summed E-state index contributed by atoms with van der Waals surface area (Å²) in [6.07, 6.45) is 0.663. The van der Waals surface area contributed by atoms with Crippen LogP contribution in [0, 0.1) is 20.8 Å². The van der Waals surface area contributed by atoms with Crippen molar-refractivity contribution in [2.45, 2.75) is 33.2 Å². The van der Waals surface area contributed by atoms with Crippen LogP contribution < -0.4 is 16.0 Å². The summed E-state index contributed by atoms with van der Waals surface area (Å²) in [4.78, 5) is 14.1. The number of benzene rings is 2. The molecule has 29 heavy (non-hydrogen) atoms. The SMILES string of the molecule is Cc1cc2oc(=O)c(C)c(C)c2c(O)c1C1=NN[C@H](c2ccc(N(C)C)cc2)C1. The second-order valence-corrected chi connectivity index (χ2v) is 7.86. The quantitative estimate of drug-likeness (QED) is 0.662. The maximum absolute atomic E-state index is 12.0. The van der Waals surface area contributed by atoms with Gasteiger partial charge in [0.25, 0.3) is 0 Å². The topological polar surface area (TPSA) is 78.1 Å². The molecule has 0 spiro atoms. The number of fused-ring (bicyclic) bond motifs is 1. The second kappa shape index (κ2) is 6.95. The monoisotopic (exact) mass is 391 g/mol. The largest absolute Gasteiger partial charge is 0.506 e. The van der Waals surface area contributed by atoms with Crippen LogP contribution in [0.3, 0.4) is 0 Å². The number of rotatable bonds is 3. The third kappa shape index (κ3) is 3.14. The van der Waals surface area contributed by atoms with Crippen LogP contribution in [0.25, 0.3) is 11.0 Å². The van der Waals surface area contributed by atoms with Crippen molar-refractivity contribution in [3.05, 3.63) is 68.6 Å². The molecule has 150 valence electrons. The van der Waals surface area contributed by atoms with Gasteiger partial charge in [-0.05, 0) is 55.7 Å². The Bertz CT molecular complexity index is 1190. The first-order valence-electron chi connectivity index (χ1n) is 9.64. The third-order valence-corrected chi connectivity index (χ3v) is 5.76. The number of hydrazone groups is 1. The zero-order valence-electron chi connectivity index (χ0n) is 17.3. The van der Waals surface area contributed by atoms with Crippen molar-refractivity contribution in [3.8, 4) is 5.75 Å². The second-order valence-electron chi connectivity index (χ2n) is 7.86. The summed E-state index contributed by atoms with van der Waals surface area (Å²) < 4.78 is 5.40. The molecule has 0 saturated carbocycles. The van der Waals surface area contributed by atoms with E-state index in [2.05, 4.69) is 39.7 Å². The highest BCUT2D eigenvalue weighted by Gasteiger charge is 2.26. The smallest absolute Gasteiger partial charge is 0.339 e. The van der Waals surface area contributed by atoms with Gasteiger partial charge in [0.05, 0.1) is 17.1 Å². The normalized spacial score (nSPS) is 16.0. The summed E-state index contributed by atoms with van der Waals surface area (Å²) in [5.74, 6) is 0.119. The van der Waals surface area contributed by atoms with Crippen molar-refractivity contribution in [2.75, 3.05) is 19.0 Å². The van der Waals surface area contributed by atoms with Gasteiger partial charge in [-0.3, -0.25) is 0 Å². The molecule has 1 aromatic heterocycles. The Morgan fingerprint density at radius 2 is 1.83 bits per heavy atom. The van der Waals surface area contributed by atoms with E-state index in [1.165, 1.54) is 0 Å². The van der Waals surface area contributed by atoms with Gasteiger partial charge < -0.3 is 19.8 Å². The summed E-state index contributed by atoms with van der Waals surface area (Å²) in [7, 11) is 4.03. The lowest BCUT2D eigenvalue weighted by Gasteiger charge is -2.16. The molecule has 2 N–H and O–H groups in total. The molecule has 4 rings (SSSR count). The molecule has 0 aliphatic carbocycles. The minimum atomic E-state index is -0.373. The van der Waals surface area contributed by atoms with E-state index in [1.54, 1.807) is 13.0 Å². The number of phenols is 1. The van der Waals surface area contributed by atoms with E-state index >= 15 is 0 Å². The predicted octanol–water partition coefficient (Wildman–Crippen LogP) is 3.93. The van der Waals surface area contributed by atoms with Crippen molar-refractivity contribution < 1.29 is 9.52 Å². The molecular formula is C23H25N3O3. The molecule has 1 atom stereocenters. The molecule has 3 aromatic rings. The Hall–Kier alpha value is -3.28. The van der Waals surface area contributed by atoms with Gasteiger partial charge in [0.15, 0.2) is 0 Å². The minimum absolute atomic E-state index is 0.0484. The summed E-state index contributed by atoms with van der Waals surface area (Å²) >= 11 is 0. The lowest BCUT2D eigenvalue weighted by molar-refractivity contribution is 0.476. The Morgan fingerprint density at radius 1 is 1.14 bits per heavy atom. The van der Waals surface area contributed by atoms with Crippen LogP contribution in [0.15, 0.2) is 44.6 Å². The standard InChI is InChI=1S/C23H25N3O3/c1-12-10-19-21(13(2)14(3)23(28)29-19)22(27)20(12)18-11-17(24-25-18)15-6-8-16(9-7-15)26(4)5/h6-10,17,24,27H,11H2,1-5H3/t17-/m0/s1. The van der Waals surface area contributed by atoms with Crippen LogP contribution in [0.1, 0.15) is 40.3 Å². The molecule has 2 heterocycles. The van der Waals surface area contributed by atoms with Gasteiger partial charge in [-0.25, -0.2) is 4.79 Å². The first-order chi connectivity index (χ1) is 13.8. The number of hydrogen-bond acceptors (Lipinski definition) is 6. The van der Waals surface area contributed by atoms with Crippen LogP contribution in [0.2, 0.25) is 0 Å². The van der Waals surface area contributed by atoms with Gasteiger partial charge in [0, 0.05) is 37.3 Å². The van der Waals surface area contributed by atoms with E-state index in [-0.39, 0.29) is 17.4 Å². The lowest BCUT2D eigenvalue weighted by atomic mass is 9.93. The van der Waals surface area contributed by atoms with Gasteiger partial charge in [0.1, 0.15) is 11.3 Å². The minimum Gasteiger partial charge on any atom is -0.506 e. The fourth-order valence-electron chi connectivity index (χ4n) is 3.89. The van der Waals surface area contributed by atoms with E-state index < -0.39 is 0 Å². The van der Waals surface area contributed by atoms with Crippen LogP contribution in [0.4, 0.5) is 5.69 Å². The summed E-state index contributed by atoms with van der Waals surface area (Å²) in [5, 5.41) is 16.2. The average molecular weight is 391 g/mol. The predicted molar refractivity (Wildman–Crippen MR) is 116 cm³/mol. The zero-order chi connectivity index (χ0) is 20.9. The van der Waals surface area contributed by atoms with E-state index in [1.807, 2.05) is 27.9 Å². The van der Waals surface area contributed by atoms with Gasteiger partial charge in [-0.1, -0.05) is 12.1 Å². The number of nitrogens with zero attached hydrogens (tertiary/aromatic N) is 2. The van der Waals surface area contributed by atoms with Crippen LogP contribution in [0.5, 0.6) is 5.75 Å². The highest BCUT2D eigenvalue weighted by atomic mass is 16.4. The molecule has 6 nitrogen and oxygen atoms in total. The molecule has 6 heteroatoms. The van der Waals surface area contributed by atoms with Gasteiger partial charge >= 0.3 is 5.63 Å². The molecular weight excluding hydrogens is 366 g/mol. The number of anilines is 1. The van der Waals surface area contributed by atoms with Gasteiger partial charge in [-0.2, -0.15) is 5.10 Å². The van der Waals surface area contributed by atoms with Crippen molar-refractivity contribution in [1.29, 1.82) is 0 Å². The molecule has 0 unspecified atom stereocenters. The molecule has 1 aliphatic rings. The van der Waals surface area contributed by atoms with Crippen molar-refractivity contribution in [1.82, 2.24) is 5.43 Å². The van der Waals surface area contributed by atoms with E-state index in [0.717, 1.165) is 28.1 Å². The third-order valence-electron chi connectivity index (χ3n) is 5.76. The summed E-state index contributed by atoms with van der Waals surface area (Å²) in [5.41, 5.74) is 9.08. The Morgan fingerprint density at radius 3 is 2.48 bits per heavy atom. The van der Waals surface area contributed by atoms with Crippen LogP contribution >= 0.6 is 0 Å². The molecule has 0 bridgehead atoms. The Labute approximate surface area is 169 Å². The summed E-state index contributed by atoms with van der Waals surface area (Å²) in [6.45, 7) is 5.43. The van der Waals surface area contributed by atoms with Crippen molar-refractivity contribution in [3.63, 3.8) is 0 Å². The van der Waals surface area contributed by atoms with Gasteiger partial charge in [-0.15, -0.1) is 0 Å². The van der Waals surface area contributed by atoms with E-state index in [4.69, 9.17) is 4.42 Å². The molecule has 0 amide bonds. The molecule has 0 radical (unpaired) electrons. The van der Waals surface area contributed by atoms with Crippen LogP contribution in [-0.4, -0.2) is 24.9 Å².